The Morgan fingerprint density at radius 3 is 2.31 bits per heavy atom. The Bertz CT molecular complexity index is 802. The number of carbonyl (C=O) groups excluding carboxylic acids is 3. The molecule has 26 heavy (non-hydrogen) atoms. The Hall–Kier alpha value is -2.74. The third-order valence-corrected chi connectivity index (χ3v) is 4.84. The Balaban J connectivity index is 2.05. The van der Waals surface area contributed by atoms with E-state index in [-0.39, 0.29) is 11.8 Å². The van der Waals surface area contributed by atoms with Gasteiger partial charge >= 0.3 is 0 Å². The van der Waals surface area contributed by atoms with Crippen LogP contribution in [-0.2, 0) is 9.59 Å². The number of aromatic nitrogens is 1. The number of hydrogen-bond acceptors (Lipinski definition) is 5. The highest BCUT2D eigenvalue weighted by molar-refractivity contribution is 7.17. The van der Waals surface area contributed by atoms with E-state index in [1.165, 1.54) is 18.3 Å². The van der Waals surface area contributed by atoms with E-state index in [1.807, 2.05) is 44.2 Å². The van der Waals surface area contributed by atoms with Crippen molar-refractivity contribution in [3.63, 3.8) is 0 Å². The zero-order valence-electron chi connectivity index (χ0n) is 15.1. The molecule has 1 aromatic heterocycles. The molecule has 0 radical (unpaired) electrons. The van der Waals surface area contributed by atoms with Crippen molar-refractivity contribution < 1.29 is 14.4 Å². The van der Waals surface area contributed by atoms with E-state index in [1.54, 1.807) is 6.92 Å². The van der Waals surface area contributed by atoms with Gasteiger partial charge in [0.05, 0.1) is 5.69 Å². The summed E-state index contributed by atoms with van der Waals surface area (Å²) in [7, 11) is 0. The quantitative estimate of drug-likeness (QED) is 0.697. The lowest BCUT2D eigenvalue weighted by Crippen LogP contribution is -2.54. The fraction of sp³-hybridized carbons (Fsp3) is 0.333. The fourth-order valence-corrected chi connectivity index (χ4v) is 3.29. The van der Waals surface area contributed by atoms with E-state index < -0.39 is 17.9 Å². The van der Waals surface area contributed by atoms with Crippen molar-refractivity contribution in [3.05, 3.63) is 40.9 Å². The molecule has 0 spiro atoms. The molecule has 2 rings (SSSR count). The standard InChI is InChI=1S/C18H22N4O3S/c1-10(2)14(20-12(4)23)16(24)21-22-17(25)15-11(3)19-18(26-15)13-8-6-5-7-9-13/h5-10,14H,1-4H3,(H,20,23)(H,21,24)(H,22,25)/t14-/m0/s1. The van der Waals surface area contributed by atoms with E-state index in [9.17, 15) is 14.4 Å². The molecule has 3 N–H and O–H groups in total. The predicted molar refractivity (Wildman–Crippen MR) is 100 cm³/mol. The van der Waals surface area contributed by atoms with E-state index >= 15 is 0 Å². The van der Waals surface area contributed by atoms with Crippen LogP contribution in [-0.4, -0.2) is 28.7 Å². The molecule has 8 heteroatoms. The van der Waals surface area contributed by atoms with Crippen LogP contribution in [0.2, 0.25) is 0 Å². The van der Waals surface area contributed by atoms with Gasteiger partial charge in [-0.2, -0.15) is 0 Å². The summed E-state index contributed by atoms with van der Waals surface area (Å²) in [5.41, 5.74) is 6.27. The summed E-state index contributed by atoms with van der Waals surface area (Å²) in [6.07, 6.45) is 0. The second-order valence-electron chi connectivity index (χ2n) is 6.17. The molecule has 0 aliphatic carbocycles. The molecule has 1 atom stereocenters. The Labute approximate surface area is 156 Å². The smallest absolute Gasteiger partial charge is 0.281 e. The fourth-order valence-electron chi connectivity index (χ4n) is 2.32. The monoisotopic (exact) mass is 374 g/mol. The van der Waals surface area contributed by atoms with Crippen molar-refractivity contribution in [2.45, 2.75) is 33.7 Å². The molecule has 0 saturated carbocycles. The van der Waals surface area contributed by atoms with Crippen LogP contribution < -0.4 is 16.2 Å². The zero-order chi connectivity index (χ0) is 19.3. The average molecular weight is 374 g/mol. The Kier molecular flexibility index (Phi) is 6.46. The molecule has 0 aliphatic heterocycles. The maximum Gasteiger partial charge on any atom is 0.281 e. The first-order valence-corrected chi connectivity index (χ1v) is 9.01. The van der Waals surface area contributed by atoms with Gasteiger partial charge in [-0.25, -0.2) is 4.98 Å². The molecule has 3 amide bonds. The lowest BCUT2D eigenvalue weighted by atomic mass is 10.0. The highest BCUT2D eigenvalue weighted by atomic mass is 32.1. The molecular formula is C18H22N4O3S. The van der Waals surface area contributed by atoms with Crippen LogP contribution in [0, 0.1) is 12.8 Å². The summed E-state index contributed by atoms with van der Waals surface area (Å²) in [5.74, 6) is -1.35. The van der Waals surface area contributed by atoms with Crippen molar-refractivity contribution in [2.24, 2.45) is 5.92 Å². The van der Waals surface area contributed by atoms with E-state index in [4.69, 9.17) is 0 Å². The number of thiazole rings is 1. The van der Waals surface area contributed by atoms with Gasteiger partial charge in [0, 0.05) is 12.5 Å². The van der Waals surface area contributed by atoms with Crippen molar-refractivity contribution in [1.29, 1.82) is 0 Å². The number of hydrogen-bond donors (Lipinski definition) is 3. The summed E-state index contributed by atoms with van der Waals surface area (Å²) in [6, 6.07) is 8.83. The topological polar surface area (TPSA) is 100 Å². The second kappa shape index (κ2) is 8.57. The van der Waals surface area contributed by atoms with Crippen LogP contribution in [0.3, 0.4) is 0 Å². The van der Waals surface area contributed by atoms with Gasteiger partial charge in [0.2, 0.25) is 5.91 Å². The first-order chi connectivity index (χ1) is 12.3. The first-order valence-electron chi connectivity index (χ1n) is 8.19. The van der Waals surface area contributed by atoms with Gasteiger partial charge in [-0.1, -0.05) is 44.2 Å². The molecule has 0 unspecified atom stereocenters. The lowest BCUT2D eigenvalue weighted by molar-refractivity contribution is -0.129. The van der Waals surface area contributed by atoms with Crippen LogP contribution >= 0.6 is 11.3 Å². The van der Waals surface area contributed by atoms with E-state index in [0.29, 0.717) is 10.6 Å². The maximum absolute atomic E-state index is 12.4. The lowest BCUT2D eigenvalue weighted by Gasteiger charge is -2.20. The van der Waals surface area contributed by atoms with Crippen molar-refractivity contribution in [3.8, 4) is 10.6 Å². The number of nitrogens with zero attached hydrogens (tertiary/aromatic N) is 1. The van der Waals surface area contributed by atoms with E-state index in [2.05, 4.69) is 21.2 Å². The minimum atomic E-state index is -0.727. The summed E-state index contributed by atoms with van der Waals surface area (Å²) in [4.78, 5) is 40.7. The van der Waals surface area contributed by atoms with Crippen LogP contribution in [0.1, 0.15) is 36.1 Å². The van der Waals surface area contributed by atoms with Gasteiger partial charge in [0.15, 0.2) is 0 Å². The van der Waals surface area contributed by atoms with Crippen LogP contribution in [0.25, 0.3) is 10.6 Å². The predicted octanol–water partition coefficient (Wildman–Crippen LogP) is 2.04. The third-order valence-electron chi connectivity index (χ3n) is 3.63. The maximum atomic E-state index is 12.4. The normalized spacial score (nSPS) is 11.7. The van der Waals surface area contributed by atoms with Crippen molar-refractivity contribution in [1.82, 2.24) is 21.2 Å². The molecular weight excluding hydrogens is 352 g/mol. The molecule has 0 bridgehead atoms. The second-order valence-corrected chi connectivity index (χ2v) is 7.16. The number of rotatable bonds is 5. The zero-order valence-corrected chi connectivity index (χ0v) is 15.9. The molecule has 1 heterocycles. The Morgan fingerprint density at radius 1 is 1.08 bits per heavy atom. The van der Waals surface area contributed by atoms with Gasteiger partial charge < -0.3 is 5.32 Å². The summed E-state index contributed by atoms with van der Waals surface area (Å²) in [5, 5.41) is 3.30. The van der Waals surface area contributed by atoms with Crippen LogP contribution in [0.4, 0.5) is 0 Å². The molecule has 0 saturated heterocycles. The first kappa shape index (κ1) is 19.6. The summed E-state index contributed by atoms with van der Waals surface area (Å²) in [6.45, 7) is 6.70. The summed E-state index contributed by atoms with van der Waals surface area (Å²) >= 11 is 1.25. The minimum absolute atomic E-state index is 0.120. The molecule has 2 aromatic rings. The minimum Gasteiger partial charge on any atom is -0.344 e. The third kappa shape index (κ3) is 4.89. The van der Waals surface area contributed by atoms with Gasteiger partial charge in [0.1, 0.15) is 15.9 Å². The number of benzene rings is 1. The largest absolute Gasteiger partial charge is 0.344 e. The SMILES string of the molecule is CC(=O)N[C@H](C(=O)NNC(=O)c1sc(-c2ccccc2)nc1C)C(C)C. The molecule has 7 nitrogen and oxygen atoms in total. The molecule has 0 aliphatic rings. The molecule has 138 valence electrons. The number of amides is 3. The van der Waals surface area contributed by atoms with Gasteiger partial charge in [-0.3, -0.25) is 25.2 Å². The van der Waals surface area contributed by atoms with Crippen LogP contribution in [0.5, 0.6) is 0 Å². The number of nitrogens with one attached hydrogen (secondary N) is 3. The average Bonchev–Trinajstić information content (AvgIpc) is 2.99. The van der Waals surface area contributed by atoms with Gasteiger partial charge in [-0.05, 0) is 12.8 Å². The Morgan fingerprint density at radius 2 is 1.73 bits per heavy atom. The number of carbonyl (C=O) groups is 3. The highest BCUT2D eigenvalue weighted by Gasteiger charge is 2.24. The molecule has 1 aromatic carbocycles. The van der Waals surface area contributed by atoms with Gasteiger partial charge in [0.25, 0.3) is 11.8 Å². The summed E-state index contributed by atoms with van der Waals surface area (Å²) < 4.78 is 0. The number of hydrazine groups is 1. The number of aryl methyl sites for hydroxylation is 1. The van der Waals surface area contributed by atoms with E-state index in [0.717, 1.165) is 10.6 Å². The van der Waals surface area contributed by atoms with Gasteiger partial charge in [-0.15, -0.1) is 11.3 Å². The molecule has 0 fully saturated rings. The van der Waals surface area contributed by atoms with Crippen molar-refractivity contribution in [2.75, 3.05) is 0 Å². The highest BCUT2D eigenvalue weighted by Crippen LogP contribution is 2.27. The van der Waals surface area contributed by atoms with Crippen LogP contribution in [0.15, 0.2) is 30.3 Å². The van der Waals surface area contributed by atoms with Crippen molar-refractivity contribution >= 4 is 29.1 Å².